The minimum atomic E-state index is -0.366. The van der Waals surface area contributed by atoms with Gasteiger partial charge in [-0.2, -0.15) is 5.26 Å². The summed E-state index contributed by atoms with van der Waals surface area (Å²) in [6.45, 7) is 1.75. The van der Waals surface area contributed by atoms with Crippen molar-refractivity contribution in [2.24, 2.45) is 0 Å². The highest BCUT2D eigenvalue weighted by Gasteiger charge is 2.20. The van der Waals surface area contributed by atoms with Gasteiger partial charge < -0.3 is 10.2 Å². The minimum Gasteiger partial charge on any atom is -0.369 e. The summed E-state index contributed by atoms with van der Waals surface area (Å²) in [4.78, 5) is 14.3. The van der Waals surface area contributed by atoms with Gasteiger partial charge in [0.15, 0.2) is 0 Å². The molecule has 1 N–H and O–H groups in total. The summed E-state index contributed by atoms with van der Waals surface area (Å²) in [5.41, 5.74) is 1.17. The van der Waals surface area contributed by atoms with Crippen LogP contribution in [0.4, 0.5) is 10.1 Å². The van der Waals surface area contributed by atoms with Gasteiger partial charge in [-0.3, -0.25) is 4.79 Å². The Hall–Kier alpha value is -2.35. The molecule has 3 rings (SSSR count). The van der Waals surface area contributed by atoms with Crippen LogP contribution >= 0.6 is 0 Å². The quantitative estimate of drug-likeness (QED) is 0.670. The Morgan fingerprint density at radius 1 is 1.20 bits per heavy atom. The molecule has 0 atom stereocenters. The van der Waals surface area contributed by atoms with E-state index in [9.17, 15) is 14.4 Å². The van der Waals surface area contributed by atoms with Gasteiger partial charge in [-0.1, -0.05) is 18.9 Å². The lowest BCUT2D eigenvalue weighted by molar-refractivity contribution is -0.117. The van der Waals surface area contributed by atoms with Crippen molar-refractivity contribution in [1.29, 1.82) is 5.26 Å². The van der Waals surface area contributed by atoms with Crippen LogP contribution in [0.5, 0.6) is 0 Å². The maximum atomic E-state index is 14.5. The first-order valence-electron chi connectivity index (χ1n) is 9.14. The third-order valence-electron chi connectivity index (χ3n) is 5.03. The topological polar surface area (TPSA) is 56.1 Å². The number of hydrogen-bond acceptors (Lipinski definition) is 3. The summed E-state index contributed by atoms with van der Waals surface area (Å²) in [6, 6.07) is 7.02. The zero-order chi connectivity index (χ0) is 17.6. The Labute approximate surface area is 148 Å². The average molecular weight is 341 g/mol. The Morgan fingerprint density at radius 3 is 2.56 bits per heavy atom. The molecule has 1 aliphatic carbocycles. The van der Waals surface area contributed by atoms with Crippen LogP contribution < -0.4 is 10.2 Å². The van der Waals surface area contributed by atoms with Crippen LogP contribution in [-0.2, 0) is 4.79 Å². The van der Waals surface area contributed by atoms with Crippen LogP contribution in [0.25, 0.3) is 6.08 Å². The number of nitrogens with one attached hydrogen (secondary N) is 1. The van der Waals surface area contributed by atoms with Gasteiger partial charge in [-0.25, -0.2) is 4.39 Å². The van der Waals surface area contributed by atoms with Crippen molar-refractivity contribution in [2.45, 2.75) is 51.0 Å². The molecule has 1 saturated heterocycles. The molecule has 1 heterocycles. The highest BCUT2D eigenvalue weighted by atomic mass is 19.1. The summed E-state index contributed by atoms with van der Waals surface area (Å²) in [5.74, 6) is -0.668. The highest BCUT2D eigenvalue weighted by Crippen LogP contribution is 2.25. The number of amides is 1. The standard InChI is InChI=1S/C20H24FN3O/c21-18-13-15(8-9-19(18)24-10-4-1-5-11-24)12-16(14-22)20(25)23-17-6-2-3-7-17/h8-9,12-13,17H,1-7,10-11H2,(H,23,25)/b16-12-. The smallest absolute Gasteiger partial charge is 0.262 e. The van der Waals surface area contributed by atoms with Gasteiger partial charge in [0.2, 0.25) is 0 Å². The number of nitriles is 1. The molecule has 1 aromatic rings. The number of anilines is 1. The molecule has 0 radical (unpaired) electrons. The van der Waals surface area contributed by atoms with Gasteiger partial charge in [0.1, 0.15) is 17.5 Å². The SMILES string of the molecule is N#C/C(=C/c1ccc(N2CCCCC2)c(F)c1)C(=O)NC1CCCC1. The number of benzene rings is 1. The van der Waals surface area contributed by atoms with Crippen LogP contribution in [0.2, 0.25) is 0 Å². The van der Waals surface area contributed by atoms with Crippen LogP contribution in [0.1, 0.15) is 50.5 Å². The molecule has 1 aliphatic heterocycles. The molecule has 5 heteroatoms. The third-order valence-corrected chi connectivity index (χ3v) is 5.03. The molecular formula is C20H24FN3O. The van der Waals surface area contributed by atoms with E-state index in [2.05, 4.69) is 10.2 Å². The van der Waals surface area contributed by atoms with E-state index < -0.39 is 0 Å². The van der Waals surface area contributed by atoms with Crippen molar-refractivity contribution in [2.75, 3.05) is 18.0 Å². The predicted octanol–water partition coefficient (Wildman–Crippen LogP) is 3.78. The average Bonchev–Trinajstić information content (AvgIpc) is 3.13. The van der Waals surface area contributed by atoms with Gasteiger partial charge in [-0.15, -0.1) is 0 Å². The lowest BCUT2D eigenvalue weighted by Gasteiger charge is -2.29. The van der Waals surface area contributed by atoms with E-state index in [0.717, 1.165) is 51.6 Å². The first-order valence-corrected chi connectivity index (χ1v) is 9.14. The van der Waals surface area contributed by atoms with E-state index >= 15 is 0 Å². The number of rotatable bonds is 4. The van der Waals surface area contributed by atoms with E-state index in [-0.39, 0.29) is 23.3 Å². The van der Waals surface area contributed by atoms with Crippen molar-refractivity contribution in [3.05, 3.63) is 35.2 Å². The molecular weight excluding hydrogens is 317 g/mol. The Morgan fingerprint density at radius 2 is 1.92 bits per heavy atom. The van der Waals surface area contributed by atoms with Crippen LogP contribution in [0.15, 0.2) is 23.8 Å². The molecule has 1 saturated carbocycles. The molecule has 1 amide bonds. The van der Waals surface area contributed by atoms with Crippen molar-refractivity contribution in [3.8, 4) is 6.07 Å². The van der Waals surface area contributed by atoms with E-state index in [1.807, 2.05) is 6.07 Å². The van der Waals surface area contributed by atoms with Crippen LogP contribution in [0.3, 0.4) is 0 Å². The van der Waals surface area contributed by atoms with E-state index in [1.165, 1.54) is 18.6 Å². The summed E-state index contributed by atoms with van der Waals surface area (Å²) in [7, 11) is 0. The number of carbonyl (C=O) groups excluding carboxylic acids is 1. The van der Waals surface area contributed by atoms with Gasteiger partial charge in [0.25, 0.3) is 5.91 Å². The largest absolute Gasteiger partial charge is 0.369 e. The van der Waals surface area contributed by atoms with Gasteiger partial charge >= 0.3 is 0 Å². The lowest BCUT2D eigenvalue weighted by Crippen LogP contribution is -2.33. The van der Waals surface area contributed by atoms with E-state index in [1.54, 1.807) is 12.1 Å². The Bertz CT molecular complexity index is 695. The maximum Gasteiger partial charge on any atom is 0.262 e. The van der Waals surface area contributed by atoms with Crippen molar-refractivity contribution < 1.29 is 9.18 Å². The zero-order valence-electron chi connectivity index (χ0n) is 14.4. The molecule has 25 heavy (non-hydrogen) atoms. The first-order chi connectivity index (χ1) is 12.2. The minimum absolute atomic E-state index is 0.0250. The number of carbonyl (C=O) groups is 1. The van der Waals surface area contributed by atoms with Crippen LogP contribution in [-0.4, -0.2) is 25.0 Å². The molecule has 2 fully saturated rings. The van der Waals surface area contributed by atoms with Crippen molar-refractivity contribution in [3.63, 3.8) is 0 Å². The molecule has 132 valence electrons. The molecule has 4 nitrogen and oxygen atoms in total. The predicted molar refractivity (Wildman–Crippen MR) is 96.5 cm³/mol. The monoisotopic (exact) mass is 341 g/mol. The molecule has 2 aliphatic rings. The van der Waals surface area contributed by atoms with Gasteiger partial charge in [0.05, 0.1) is 5.69 Å². The first kappa shape index (κ1) is 17.5. The van der Waals surface area contributed by atoms with E-state index in [4.69, 9.17) is 0 Å². The molecule has 0 bridgehead atoms. The van der Waals surface area contributed by atoms with Gasteiger partial charge in [-0.05, 0) is 55.9 Å². The fourth-order valence-corrected chi connectivity index (χ4v) is 3.65. The van der Waals surface area contributed by atoms with Gasteiger partial charge in [0, 0.05) is 19.1 Å². The Kier molecular flexibility index (Phi) is 5.70. The van der Waals surface area contributed by atoms with Crippen LogP contribution in [0, 0.1) is 17.1 Å². The number of piperidine rings is 1. The molecule has 0 aromatic heterocycles. The second-order valence-electron chi connectivity index (χ2n) is 6.88. The Balaban J connectivity index is 1.73. The summed E-state index contributed by atoms with van der Waals surface area (Å²) in [5, 5.41) is 12.2. The summed E-state index contributed by atoms with van der Waals surface area (Å²) < 4.78 is 14.5. The van der Waals surface area contributed by atoms with Crippen molar-refractivity contribution in [1.82, 2.24) is 5.32 Å². The highest BCUT2D eigenvalue weighted by molar-refractivity contribution is 6.01. The third kappa shape index (κ3) is 4.39. The van der Waals surface area contributed by atoms with E-state index in [0.29, 0.717) is 11.3 Å². The summed E-state index contributed by atoms with van der Waals surface area (Å²) >= 11 is 0. The fourth-order valence-electron chi connectivity index (χ4n) is 3.65. The lowest BCUT2D eigenvalue weighted by atomic mass is 10.1. The molecule has 0 spiro atoms. The molecule has 0 unspecified atom stereocenters. The number of nitrogens with zero attached hydrogens (tertiary/aromatic N) is 2. The fraction of sp³-hybridized carbons (Fsp3) is 0.500. The number of halogens is 1. The van der Waals surface area contributed by atoms with Crippen molar-refractivity contribution >= 4 is 17.7 Å². The second kappa shape index (κ2) is 8.15. The number of hydrogen-bond donors (Lipinski definition) is 1. The zero-order valence-corrected chi connectivity index (χ0v) is 14.4. The summed E-state index contributed by atoms with van der Waals surface area (Å²) in [6.07, 6.45) is 8.97. The second-order valence-corrected chi connectivity index (χ2v) is 6.88. The maximum absolute atomic E-state index is 14.5. The normalized spacial score (nSPS) is 18.9. The molecule has 1 aromatic carbocycles.